The number of nitrogen functional groups attached to an aromatic ring is 1. The zero-order valence-electron chi connectivity index (χ0n) is 11.7. The van der Waals surface area contributed by atoms with Gasteiger partial charge in [-0.3, -0.25) is 0 Å². The van der Waals surface area contributed by atoms with E-state index >= 15 is 0 Å². The summed E-state index contributed by atoms with van der Waals surface area (Å²) >= 11 is 0. The minimum atomic E-state index is 0.199. The summed E-state index contributed by atoms with van der Waals surface area (Å²) in [4.78, 5) is 10.6. The molecular weight excluding hydrogens is 242 g/mol. The van der Waals surface area contributed by atoms with Gasteiger partial charge < -0.3 is 20.7 Å². The molecule has 6 heteroatoms. The number of nitrogens with zero attached hydrogens (tertiary/aromatic N) is 3. The van der Waals surface area contributed by atoms with Gasteiger partial charge in [-0.2, -0.15) is 0 Å². The molecule has 1 aromatic heterocycles. The third-order valence-electron chi connectivity index (χ3n) is 3.32. The number of likely N-dealkylation sites (N-methyl/N-ethyl adjacent to an activating group) is 1. The quantitative estimate of drug-likeness (QED) is 0.818. The van der Waals surface area contributed by atoms with E-state index in [-0.39, 0.29) is 6.10 Å². The number of nitrogens with one attached hydrogen (secondary N) is 1. The SMILES string of the molecule is CCCc1c(N)ncnc1NCC1CN(C)CCO1. The highest BCUT2D eigenvalue weighted by Crippen LogP contribution is 2.19. The maximum atomic E-state index is 5.91. The Hall–Kier alpha value is -1.40. The maximum Gasteiger partial charge on any atom is 0.134 e. The first-order chi connectivity index (χ1) is 9.20. The maximum absolute atomic E-state index is 5.91. The number of rotatable bonds is 5. The molecule has 1 fully saturated rings. The molecule has 1 aliphatic rings. The normalized spacial score (nSPS) is 20.4. The van der Waals surface area contributed by atoms with E-state index in [2.05, 4.69) is 34.2 Å². The standard InChI is InChI=1S/C13H23N5O/c1-3-4-11-12(14)16-9-17-13(11)15-7-10-8-18(2)5-6-19-10/h9-10H,3-8H2,1-2H3,(H3,14,15,16,17). The molecule has 0 saturated carbocycles. The summed E-state index contributed by atoms with van der Waals surface area (Å²) < 4.78 is 5.72. The minimum Gasteiger partial charge on any atom is -0.383 e. The van der Waals surface area contributed by atoms with Crippen LogP contribution in [-0.4, -0.2) is 54.3 Å². The molecule has 1 atom stereocenters. The molecule has 3 N–H and O–H groups in total. The molecule has 0 amide bonds. The summed E-state index contributed by atoms with van der Waals surface area (Å²) in [6.07, 6.45) is 3.62. The van der Waals surface area contributed by atoms with Gasteiger partial charge in [-0.15, -0.1) is 0 Å². The number of morpholine rings is 1. The lowest BCUT2D eigenvalue weighted by molar-refractivity contribution is -0.0117. The fraction of sp³-hybridized carbons (Fsp3) is 0.692. The van der Waals surface area contributed by atoms with Crippen LogP contribution < -0.4 is 11.1 Å². The molecule has 1 aromatic rings. The van der Waals surface area contributed by atoms with Crippen molar-refractivity contribution < 1.29 is 4.74 Å². The fourth-order valence-electron chi connectivity index (χ4n) is 2.28. The topological polar surface area (TPSA) is 76.3 Å². The number of nitrogens with two attached hydrogens (primary N) is 1. The average Bonchev–Trinajstić information content (AvgIpc) is 2.40. The zero-order chi connectivity index (χ0) is 13.7. The summed E-state index contributed by atoms with van der Waals surface area (Å²) in [6, 6.07) is 0. The highest BCUT2D eigenvalue weighted by atomic mass is 16.5. The fourth-order valence-corrected chi connectivity index (χ4v) is 2.28. The molecule has 2 heterocycles. The van der Waals surface area contributed by atoms with Gasteiger partial charge in [0.25, 0.3) is 0 Å². The lowest BCUT2D eigenvalue weighted by Gasteiger charge is -2.30. The van der Waals surface area contributed by atoms with Crippen LogP contribution in [-0.2, 0) is 11.2 Å². The van der Waals surface area contributed by atoms with Crippen molar-refractivity contribution in [1.82, 2.24) is 14.9 Å². The van der Waals surface area contributed by atoms with Crippen molar-refractivity contribution in [3.05, 3.63) is 11.9 Å². The van der Waals surface area contributed by atoms with E-state index in [9.17, 15) is 0 Å². The van der Waals surface area contributed by atoms with E-state index in [0.29, 0.717) is 5.82 Å². The van der Waals surface area contributed by atoms with Crippen LogP contribution in [0, 0.1) is 0 Å². The first kappa shape index (κ1) is 14.0. The molecule has 6 nitrogen and oxygen atoms in total. The van der Waals surface area contributed by atoms with Crippen LogP contribution >= 0.6 is 0 Å². The van der Waals surface area contributed by atoms with E-state index in [1.165, 1.54) is 6.33 Å². The average molecular weight is 265 g/mol. The van der Waals surface area contributed by atoms with Crippen molar-refractivity contribution in [1.29, 1.82) is 0 Å². The van der Waals surface area contributed by atoms with Crippen LogP contribution in [0.5, 0.6) is 0 Å². The van der Waals surface area contributed by atoms with Crippen LogP contribution in [0.2, 0.25) is 0 Å². The number of anilines is 2. The van der Waals surface area contributed by atoms with Gasteiger partial charge in [0.1, 0.15) is 18.0 Å². The van der Waals surface area contributed by atoms with Crippen molar-refractivity contribution in [2.75, 3.05) is 44.3 Å². The first-order valence-corrected chi connectivity index (χ1v) is 6.84. The van der Waals surface area contributed by atoms with Gasteiger partial charge in [-0.25, -0.2) is 9.97 Å². The third-order valence-corrected chi connectivity index (χ3v) is 3.32. The van der Waals surface area contributed by atoms with Crippen molar-refractivity contribution >= 4 is 11.6 Å². The Morgan fingerprint density at radius 1 is 1.53 bits per heavy atom. The van der Waals surface area contributed by atoms with Gasteiger partial charge in [-0.05, 0) is 13.5 Å². The Bertz CT molecular complexity index is 412. The molecule has 2 rings (SSSR count). The molecule has 0 aromatic carbocycles. The first-order valence-electron chi connectivity index (χ1n) is 6.84. The van der Waals surface area contributed by atoms with Crippen LogP contribution in [0.15, 0.2) is 6.33 Å². The minimum absolute atomic E-state index is 0.199. The lowest BCUT2D eigenvalue weighted by atomic mass is 10.1. The summed E-state index contributed by atoms with van der Waals surface area (Å²) in [5.74, 6) is 1.41. The van der Waals surface area contributed by atoms with Gasteiger partial charge >= 0.3 is 0 Å². The van der Waals surface area contributed by atoms with Gasteiger partial charge in [0.15, 0.2) is 0 Å². The van der Waals surface area contributed by atoms with Gasteiger partial charge in [-0.1, -0.05) is 13.3 Å². The summed E-state index contributed by atoms with van der Waals surface area (Å²) in [5, 5.41) is 3.35. The second kappa shape index (κ2) is 6.68. The zero-order valence-corrected chi connectivity index (χ0v) is 11.7. The Morgan fingerprint density at radius 2 is 2.37 bits per heavy atom. The highest BCUT2D eigenvalue weighted by molar-refractivity contribution is 5.55. The predicted octanol–water partition coefficient (Wildman–Crippen LogP) is 0.754. The Labute approximate surface area is 114 Å². The molecule has 0 bridgehead atoms. The monoisotopic (exact) mass is 265 g/mol. The van der Waals surface area contributed by atoms with Crippen molar-refractivity contribution in [3.63, 3.8) is 0 Å². The lowest BCUT2D eigenvalue weighted by Crippen LogP contribution is -2.43. The summed E-state index contributed by atoms with van der Waals surface area (Å²) in [5.41, 5.74) is 6.92. The van der Waals surface area contributed by atoms with E-state index in [1.54, 1.807) is 0 Å². The number of hydrogen-bond acceptors (Lipinski definition) is 6. The molecule has 0 aliphatic carbocycles. The smallest absolute Gasteiger partial charge is 0.134 e. The second-order valence-electron chi connectivity index (χ2n) is 4.97. The Morgan fingerprint density at radius 3 is 3.11 bits per heavy atom. The Kier molecular flexibility index (Phi) is 4.93. The van der Waals surface area contributed by atoms with Crippen LogP contribution in [0.3, 0.4) is 0 Å². The van der Waals surface area contributed by atoms with E-state index in [0.717, 1.165) is 50.5 Å². The molecular formula is C13H23N5O. The number of aromatic nitrogens is 2. The molecule has 0 radical (unpaired) electrons. The van der Waals surface area contributed by atoms with Gasteiger partial charge in [0.05, 0.1) is 12.7 Å². The number of ether oxygens (including phenoxy) is 1. The molecule has 19 heavy (non-hydrogen) atoms. The van der Waals surface area contributed by atoms with Crippen molar-refractivity contribution in [2.24, 2.45) is 0 Å². The van der Waals surface area contributed by atoms with E-state index in [4.69, 9.17) is 10.5 Å². The molecule has 1 saturated heterocycles. The highest BCUT2D eigenvalue weighted by Gasteiger charge is 2.18. The predicted molar refractivity (Wildman–Crippen MR) is 76.2 cm³/mol. The molecule has 0 spiro atoms. The van der Waals surface area contributed by atoms with Gasteiger partial charge in [0, 0.05) is 25.2 Å². The molecule has 1 unspecified atom stereocenters. The largest absolute Gasteiger partial charge is 0.383 e. The molecule has 106 valence electrons. The van der Waals surface area contributed by atoms with Crippen LogP contribution in [0.1, 0.15) is 18.9 Å². The molecule has 1 aliphatic heterocycles. The third kappa shape index (κ3) is 3.78. The second-order valence-corrected chi connectivity index (χ2v) is 4.97. The van der Waals surface area contributed by atoms with E-state index in [1.807, 2.05) is 0 Å². The van der Waals surface area contributed by atoms with Gasteiger partial charge in [0.2, 0.25) is 0 Å². The van der Waals surface area contributed by atoms with Crippen molar-refractivity contribution in [2.45, 2.75) is 25.9 Å². The Balaban J connectivity index is 1.96. The summed E-state index contributed by atoms with van der Waals surface area (Å²) in [6.45, 7) is 5.60. The van der Waals surface area contributed by atoms with Crippen LogP contribution in [0.25, 0.3) is 0 Å². The van der Waals surface area contributed by atoms with Crippen LogP contribution in [0.4, 0.5) is 11.6 Å². The van der Waals surface area contributed by atoms with Crippen molar-refractivity contribution in [3.8, 4) is 0 Å². The summed E-state index contributed by atoms with van der Waals surface area (Å²) in [7, 11) is 2.11. The van der Waals surface area contributed by atoms with E-state index < -0.39 is 0 Å². The number of hydrogen-bond donors (Lipinski definition) is 2.